The number of carbonyl (C=O) groups is 3. The summed E-state index contributed by atoms with van der Waals surface area (Å²) in [5.74, 6) is -1.41. The molecule has 0 atom stereocenters. The van der Waals surface area contributed by atoms with Crippen LogP contribution >= 0.6 is 0 Å². The van der Waals surface area contributed by atoms with Crippen molar-refractivity contribution in [3.8, 4) is 5.75 Å². The Morgan fingerprint density at radius 1 is 0.738 bits per heavy atom. The molecule has 0 bridgehead atoms. The minimum atomic E-state index is -0.662. The van der Waals surface area contributed by atoms with Crippen LogP contribution in [0.1, 0.15) is 50.8 Å². The Morgan fingerprint density at radius 2 is 1.19 bits per heavy atom. The predicted molar refractivity (Wildman–Crippen MR) is 164 cm³/mol. The monoisotopic (exact) mass is 574 g/mol. The summed E-state index contributed by atoms with van der Waals surface area (Å²) in [6, 6.07) is 14.6. The number of esters is 3. The number of ether oxygens (including phenoxy) is 3. The zero-order valence-corrected chi connectivity index (χ0v) is 24.8. The number of allylic oxidation sites excluding steroid dienone is 4. The molecule has 0 heterocycles. The number of alkyl halides is 1. The van der Waals surface area contributed by atoms with Gasteiger partial charge in [0, 0.05) is 22.6 Å². The van der Waals surface area contributed by atoms with E-state index in [-0.39, 0.29) is 19.1 Å². The van der Waals surface area contributed by atoms with Gasteiger partial charge in [-0.25, -0.2) is 18.8 Å². The Morgan fingerprint density at radius 3 is 1.64 bits per heavy atom. The third-order valence-corrected chi connectivity index (χ3v) is 6.24. The number of hydrogen-bond donors (Lipinski definition) is 0. The number of hydrogen-bond acceptors (Lipinski definition) is 6. The van der Waals surface area contributed by atoms with Crippen LogP contribution in [0.15, 0.2) is 97.1 Å². The molecule has 0 aromatic heterocycles. The van der Waals surface area contributed by atoms with Crippen LogP contribution in [0.3, 0.4) is 0 Å². The highest BCUT2D eigenvalue weighted by atomic mass is 19.1. The molecule has 0 unspecified atom stereocenters. The zero-order valence-electron chi connectivity index (χ0n) is 24.8. The fourth-order valence-electron chi connectivity index (χ4n) is 3.76. The molecule has 0 aliphatic rings. The summed E-state index contributed by atoms with van der Waals surface area (Å²) >= 11 is 0. The molecule has 42 heavy (non-hydrogen) atoms. The molecule has 0 radical (unpaired) electrons. The third kappa shape index (κ3) is 10.8. The van der Waals surface area contributed by atoms with Gasteiger partial charge >= 0.3 is 17.9 Å². The van der Waals surface area contributed by atoms with Crippen LogP contribution in [0, 0.1) is 5.92 Å². The van der Waals surface area contributed by atoms with Crippen molar-refractivity contribution in [2.75, 3.05) is 19.9 Å². The van der Waals surface area contributed by atoms with Crippen LogP contribution in [-0.4, -0.2) is 37.8 Å². The van der Waals surface area contributed by atoms with Gasteiger partial charge in [-0.2, -0.15) is 0 Å². The fourth-order valence-corrected chi connectivity index (χ4v) is 3.76. The molecule has 2 aromatic carbocycles. The van der Waals surface area contributed by atoms with E-state index in [4.69, 9.17) is 14.2 Å². The summed E-state index contributed by atoms with van der Waals surface area (Å²) in [5, 5.41) is 0. The van der Waals surface area contributed by atoms with Crippen molar-refractivity contribution in [3.05, 3.63) is 114 Å². The van der Waals surface area contributed by atoms with E-state index in [0.717, 1.165) is 23.1 Å². The second kappa shape index (κ2) is 16.7. The minimum Gasteiger partial charge on any atom is -0.462 e. The maximum atomic E-state index is 13.9. The lowest BCUT2D eigenvalue weighted by atomic mass is 9.96. The Bertz CT molecular complexity index is 1330. The second-order valence-electron chi connectivity index (χ2n) is 10.1. The van der Waals surface area contributed by atoms with Crippen molar-refractivity contribution in [2.45, 2.75) is 40.5 Å². The molecular formula is C35H39FO6. The van der Waals surface area contributed by atoms with Crippen LogP contribution in [0.2, 0.25) is 0 Å². The van der Waals surface area contributed by atoms with E-state index in [1.165, 1.54) is 0 Å². The SMILES string of the molecule is C=C(C)C(=O)OCC(COC(=O)C(=C)C)Cc1ccc(/C(=C/C=C(\CF)c2ccc(OC(=O)C(=C)C)cc2)CC)cc1. The molecule has 0 saturated heterocycles. The maximum absolute atomic E-state index is 13.9. The van der Waals surface area contributed by atoms with Gasteiger partial charge in [-0.1, -0.05) is 75.2 Å². The van der Waals surface area contributed by atoms with Crippen LogP contribution in [0.4, 0.5) is 4.39 Å². The standard InChI is InChI=1S/C35H39FO6/c1-8-28(13-14-31(20-36)30-15-17-32(18-16-30)42-35(39)25(6)7)29-11-9-26(10-12-29)19-27(21-40-33(37)23(2)3)22-41-34(38)24(4)5/h9-18,27H,2,4,6,8,19-22H2,1,3,5,7H3/b28-13+,31-14+. The van der Waals surface area contributed by atoms with E-state index in [1.807, 2.05) is 37.3 Å². The van der Waals surface area contributed by atoms with E-state index in [2.05, 4.69) is 19.7 Å². The molecule has 0 aliphatic heterocycles. The summed E-state index contributed by atoms with van der Waals surface area (Å²) in [6.07, 6.45) is 4.89. The molecular weight excluding hydrogens is 535 g/mol. The molecule has 0 aliphatic carbocycles. The highest BCUT2D eigenvalue weighted by Crippen LogP contribution is 2.24. The van der Waals surface area contributed by atoms with Gasteiger partial charge in [0.15, 0.2) is 0 Å². The van der Waals surface area contributed by atoms with Gasteiger partial charge in [-0.05, 0) is 73.6 Å². The number of benzene rings is 2. The topological polar surface area (TPSA) is 78.9 Å². The lowest BCUT2D eigenvalue weighted by Gasteiger charge is -2.18. The van der Waals surface area contributed by atoms with Gasteiger partial charge in [0.2, 0.25) is 0 Å². The van der Waals surface area contributed by atoms with Gasteiger partial charge < -0.3 is 14.2 Å². The third-order valence-electron chi connectivity index (χ3n) is 6.24. The first-order valence-corrected chi connectivity index (χ1v) is 13.6. The summed E-state index contributed by atoms with van der Waals surface area (Å²) in [6.45, 7) is 17.0. The lowest BCUT2D eigenvalue weighted by molar-refractivity contribution is -0.144. The number of carbonyl (C=O) groups excluding carboxylic acids is 3. The molecule has 6 nitrogen and oxygen atoms in total. The van der Waals surface area contributed by atoms with E-state index in [1.54, 1.807) is 51.1 Å². The van der Waals surface area contributed by atoms with E-state index in [0.29, 0.717) is 40.0 Å². The Kier molecular flexibility index (Phi) is 13.4. The highest BCUT2D eigenvalue weighted by Gasteiger charge is 2.17. The van der Waals surface area contributed by atoms with Crippen molar-refractivity contribution in [2.24, 2.45) is 5.92 Å². The molecule has 2 rings (SSSR count). The fraction of sp³-hybridized carbons (Fsp3) is 0.286. The molecule has 2 aromatic rings. The first-order chi connectivity index (χ1) is 19.9. The Balaban J connectivity index is 2.17. The highest BCUT2D eigenvalue weighted by molar-refractivity contribution is 5.89. The quantitative estimate of drug-likeness (QED) is 0.0954. The largest absolute Gasteiger partial charge is 0.462 e. The number of halogens is 1. The van der Waals surface area contributed by atoms with Gasteiger partial charge in [0.25, 0.3) is 0 Å². The summed E-state index contributed by atoms with van der Waals surface area (Å²) in [5.41, 5.74) is 5.03. The summed E-state index contributed by atoms with van der Waals surface area (Å²) in [4.78, 5) is 35.5. The average Bonchev–Trinajstić information content (AvgIpc) is 2.97. The summed E-state index contributed by atoms with van der Waals surface area (Å²) in [7, 11) is 0. The van der Waals surface area contributed by atoms with Crippen molar-refractivity contribution in [3.63, 3.8) is 0 Å². The van der Waals surface area contributed by atoms with Crippen LogP contribution in [0.5, 0.6) is 5.75 Å². The van der Waals surface area contributed by atoms with Gasteiger partial charge in [0.1, 0.15) is 12.4 Å². The molecule has 0 amide bonds. The first-order valence-electron chi connectivity index (χ1n) is 13.6. The van der Waals surface area contributed by atoms with Crippen LogP contribution in [-0.2, 0) is 30.3 Å². The maximum Gasteiger partial charge on any atom is 0.338 e. The normalized spacial score (nSPS) is 11.6. The molecule has 222 valence electrons. The molecule has 0 spiro atoms. The Hall–Kier alpha value is -4.52. The van der Waals surface area contributed by atoms with Gasteiger partial charge in [-0.3, -0.25) is 0 Å². The van der Waals surface area contributed by atoms with Crippen LogP contribution in [0.25, 0.3) is 11.1 Å². The van der Waals surface area contributed by atoms with E-state index < -0.39 is 24.6 Å². The van der Waals surface area contributed by atoms with E-state index in [9.17, 15) is 18.8 Å². The number of rotatable bonds is 15. The van der Waals surface area contributed by atoms with Crippen molar-refractivity contribution in [1.82, 2.24) is 0 Å². The van der Waals surface area contributed by atoms with E-state index >= 15 is 0 Å². The van der Waals surface area contributed by atoms with Crippen molar-refractivity contribution < 1.29 is 33.0 Å². The molecule has 0 fully saturated rings. The first kappa shape index (κ1) is 33.7. The Labute approximate surface area is 247 Å². The van der Waals surface area contributed by atoms with Crippen LogP contribution < -0.4 is 4.74 Å². The van der Waals surface area contributed by atoms with Gasteiger partial charge in [0.05, 0.1) is 13.2 Å². The summed E-state index contributed by atoms with van der Waals surface area (Å²) < 4.78 is 29.8. The predicted octanol–water partition coefficient (Wildman–Crippen LogP) is 7.41. The van der Waals surface area contributed by atoms with Crippen molar-refractivity contribution >= 4 is 29.1 Å². The zero-order chi connectivity index (χ0) is 31.2. The smallest absolute Gasteiger partial charge is 0.338 e. The molecule has 0 saturated carbocycles. The average molecular weight is 575 g/mol. The van der Waals surface area contributed by atoms with Crippen molar-refractivity contribution in [1.29, 1.82) is 0 Å². The molecule has 7 heteroatoms. The molecule has 0 N–H and O–H groups in total. The lowest BCUT2D eigenvalue weighted by Crippen LogP contribution is -2.23. The minimum absolute atomic E-state index is 0.0745. The second-order valence-corrected chi connectivity index (χ2v) is 10.1. The van der Waals surface area contributed by atoms with Gasteiger partial charge in [-0.15, -0.1) is 0 Å².